The smallest absolute Gasteiger partial charge is 0.206 e. The van der Waals surface area contributed by atoms with Gasteiger partial charge in [0.15, 0.2) is 0 Å². The molecule has 0 radical (unpaired) electrons. The van der Waals surface area contributed by atoms with E-state index in [0.717, 1.165) is 43.7 Å². The second-order valence-electron chi connectivity index (χ2n) is 9.00. The van der Waals surface area contributed by atoms with E-state index in [9.17, 15) is 30.7 Å². The molecule has 0 saturated heterocycles. The lowest BCUT2D eigenvalue weighted by Gasteiger charge is -2.32. The van der Waals surface area contributed by atoms with Crippen molar-refractivity contribution in [3.05, 3.63) is 58.7 Å². The van der Waals surface area contributed by atoms with Gasteiger partial charge in [0, 0.05) is 0 Å². The SMILES string of the molecule is CCCC1CCC(C(C)Cc2cc(F)c(-c3cc(F)c(C(F)(F)F)c(F)c3)c(F)c2)CC1. The van der Waals surface area contributed by atoms with Crippen molar-refractivity contribution in [2.45, 2.75) is 65.0 Å². The second-order valence-corrected chi connectivity index (χ2v) is 9.00. The molecule has 176 valence electrons. The first kappa shape index (κ1) is 24.6. The lowest BCUT2D eigenvalue weighted by Crippen LogP contribution is -2.21. The molecule has 1 aliphatic rings. The first-order chi connectivity index (χ1) is 15.0. The molecule has 0 aromatic heterocycles. The average molecular weight is 460 g/mol. The number of benzene rings is 2. The van der Waals surface area contributed by atoms with Crippen molar-refractivity contribution >= 4 is 0 Å². The zero-order chi connectivity index (χ0) is 23.6. The van der Waals surface area contributed by atoms with Crippen LogP contribution in [0.5, 0.6) is 0 Å². The third-order valence-electron chi connectivity index (χ3n) is 6.67. The summed E-state index contributed by atoms with van der Waals surface area (Å²) in [5.74, 6) is -4.52. The molecule has 1 unspecified atom stereocenters. The summed E-state index contributed by atoms with van der Waals surface area (Å²) in [6, 6.07) is 2.82. The van der Waals surface area contributed by atoms with Gasteiger partial charge >= 0.3 is 6.18 Å². The summed E-state index contributed by atoms with van der Waals surface area (Å²) in [4.78, 5) is 0. The molecule has 0 aliphatic heterocycles. The van der Waals surface area contributed by atoms with Crippen LogP contribution in [0.15, 0.2) is 24.3 Å². The van der Waals surface area contributed by atoms with E-state index in [2.05, 4.69) is 13.8 Å². The molecule has 1 saturated carbocycles. The number of rotatable bonds is 6. The zero-order valence-electron chi connectivity index (χ0n) is 18.1. The van der Waals surface area contributed by atoms with Crippen molar-refractivity contribution in [2.24, 2.45) is 17.8 Å². The maximum absolute atomic E-state index is 14.7. The van der Waals surface area contributed by atoms with Gasteiger partial charge in [0.2, 0.25) is 0 Å². The van der Waals surface area contributed by atoms with Crippen molar-refractivity contribution in [1.29, 1.82) is 0 Å². The molecule has 3 rings (SSSR count). The molecule has 1 aliphatic carbocycles. The predicted octanol–water partition coefficient (Wildman–Crippen LogP) is 8.71. The van der Waals surface area contributed by atoms with E-state index in [0.29, 0.717) is 30.0 Å². The molecule has 7 heteroatoms. The van der Waals surface area contributed by atoms with Crippen LogP contribution in [0.25, 0.3) is 11.1 Å². The Labute approximate surface area is 183 Å². The molecule has 0 amide bonds. The molecular weight excluding hydrogens is 433 g/mol. The summed E-state index contributed by atoms with van der Waals surface area (Å²) >= 11 is 0. The first-order valence-corrected chi connectivity index (χ1v) is 11.1. The standard InChI is InChI=1S/C25H27F7/c1-3-4-15-5-7-17(8-6-15)14(2)9-16-10-19(26)23(20(27)11-16)18-12-21(28)24(22(29)13-18)25(30,31)32/h10-15,17H,3-9H2,1-2H3. The molecule has 0 bridgehead atoms. The topological polar surface area (TPSA) is 0 Å². The minimum atomic E-state index is -5.25. The fourth-order valence-electron chi connectivity index (χ4n) is 5.00. The largest absolute Gasteiger partial charge is 0.422 e. The minimum absolute atomic E-state index is 0.211. The summed E-state index contributed by atoms with van der Waals surface area (Å²) in [6.07, 6.45) is 2.09. The van der Waals surface area contributed by atoms with E-state index < -0.39 is 46.1 Å². The van der Waals surface area contributed by atoms with E-state index in [1.54, 1.807) is 0 Å². The Morgan fingerprint density at radius 2 is 1.38 bits per heavy atom. The van der Waals surface area contributed by atoms with Gasteiger partial charge in [0.05, 0.1) is 5.56 Å². The fraction of sp³-hybridized carbons (Fsp3) is 0.520. The highest BCUT2D eigenvalue weighted by atomic mass is 19.4. The van der Waals surface area contributed by atoms with Crippen molar-refractivity contribution in [3.63, 3.8) is 0 Å². The van der Waals surface area contributed by atoms with Crippen LogP contribution in [-0.2, 0) is 12.6 Å². The van der Waals surface area contributed by atoms with Crippen LogP contribution in [0.3, 0.4) is 0 Å². The Hall–Kier alpha value is -2.05. The third-order valence-corrected chi connectivity index (χ3v) is 6.67. The average Bonchev–Trinajstić information content (AvgIpc) is 2.66. The predicted molar refractivity (Wildman–Crippen MR) is 110 cm³/mol. The van der Waals surface area contributed by atoms with Crippen LogP contribution >= 0.6 is 0 Å². The van der Waals surface area contributed by atoms with Crippen molar-refractivity contribution in [2.75, 3.05) is 0 Å². The van der Waals surface area contributed by atoms with Crippen molar-refractivity contribution < 1.29 is 30.7 Å². The molecular formula is C25H27F7. The minimum Gasteiger partial charge on any atom is -0.206 e. The summed E-state index contributed by atoms with van der Waals surface area (Å²) in [5.41, 5.74) is -3.02. The van der Waals surface area contributed by atoms with E-state index in [1.807, 2.05) is 0 Å². The molecule has 32 heavy (non-hydrogen) atoms. The van der Waals surface area contributed by atoms with E-state index in [4.69, 9.17) is 0 Å². The lowest BCUT2D eigenvalue weighted by molar-refractivity contribution is -0.142. The molecule has 0 N–H and O–H groups in total. The first-order valence-electron chi connectivity index (χ1n) is 11.1. The van der Waals surface area contributed by atoms with Gasteiger partial charge in [-0.25, -0.2) is 17.6 Å². The molecule has 1 atom stereocenters. The Balaban J connectivity index is 1.79. The van der Waals surface area contributed by atoms with Gasteiger partial charge < -0.3 is 0 Å². The summed E-state index contributed by atoms with van der Waals surface area (Å²) in [7, 11) is 0. The second kappa shape index (κ2) is 9.84. The molecule has 2 aromatic rings. The van der Waals surface area contributed by atoms with Gasteiger partial charge in [0.25, 0.3) is 0 Å². The van der Waals surface area contributed by atoms with Crippen LogP contribution in [0.2, 0.25) is 0 Å². The highest BCUT2D eigenvalue weighted by Crippen LogP contribution is 2.39. The highest BCUT2D eigenvalue weighted by Gasteiger charge is 2.38. The molecule has 2 aromatic carbocycles. The van der Waals surface area contributed by atoms with Gasteiger partial charge in [-0.2, -0.15) is 13.2 Å². The fourth-order valence-corrected chi connectivity index (χ4v) is 5.00. The Kier molecular flexibility index (Phi) is 7.56. The lowest BCUT2D eigenvalue weighted by atomic mass is 9.73. The molecule has 0 nitrogen and oxygen atoms in total. The quantitative estimate of drug-likeness (QED) is 0.378. The van der Waals surface area contributed by atoms with Crippen LogP contribution < -0.4 is 0 Å². The van der Waals surface area contributed by atoms with Crippen molar-refractivity contribution in [1.82, 2.24) is 0 Å². The van der Waals surface area contributed by atoms with Gasteiger partial charge in [0.1, 0.15) is 28.8 Å². The molecule has 0 spiro atoms. The van der Waals surface area contributed by atoms with Gasteiger partial charge in [-0.05, 0) is 72.4 Å². The number of hydrogen-bond acceptors (Lipinski definition) is 0. The van der Waals surface area contributed by atoms with E-state index >= 15 is 0 Å². The van der Waals surface area contributed by atoms with Gasteiger partial charge in [-0.1, -0.05) is 39.5 Å². The molecule has 0 heterocycles. The van der Waals surface area contributed by atoms with Crippen LogP contribution in [0.1, 0.15) is 63.5 Å². The van der Waals surface area contributed by atoms with Crippen LogP contribution in [0.4, 0.5) is 30.7 Å². The van der Waals surface area contributed by atoms with Crippen molar-refractivity contribution in [3.8, 4) is 11.1 Å². The normalized spacial score (nSPS) is 20.4. The Morgan fingerprint density at radius 1 is 0.844 bits per heavy atom. The van der Waals surface area contributed by atoms with Gasteiger partial charge in [-0.3, -0.25) is 0 Å². The Morgan fingerprint density at radius 3 is 1.84 bits per heavy atom. The zero-order valence-corrected chi connectivity index (χ0v) is 18.1. The van der Waals surface area contributed by atoms with E-state index in [1.165, 1.54) is 12.8 Å². The monoisotopic (exact) mass is 460 g/mol. The third kappa shape index (κ3) is 5.46. The Bertz CT molecular complexity index is 894. The highest BCUT2D eigenvalue weighted by molar-refractivity contribution is 5.66. The summed E-state index contributed by atoms with van der Waals surface area (Å²) in [5, 5.41) is 0. The number of halogens is 7. The van der Waals surface area contributed by atoms with Crippen LogP contribution in [-0.4, -0.2) is 0 Å². The number of alkyl halides is 3. The van der Waals surface area contributed by atoms with Gasteiger partial charge in [-0.15, -0.1) is 0 Å². The van der Waals surface area contributed by atoms with Crippen LogP contribution in [0, 0.1) is 41.0 Å². The summed E-state index contributed by atoms with van der Waals surface area (Å²) < 4.78 is 95.5. The maximum Gasteiger partial charge on any atom is 0.422 e. The number of hydrogen-bond donors (Lipinski definition) is 0. The molecule has 1 fully saturated rings. The summed E-state index contributed by atoms with van der Waals surface area (Å²) in [6.45, 7) is 4.23. The van der Waals surface area contributed by atoms with E-state index in [-0.39, 0.29) is 5.92 Å². The maximum atomic E-state index is 14.7.